The molecule has 0 bridgehead atoms. The van der Waals surface area contributed by atoms with E-state index in [2.05, 4.69) is 43.9 Å². The van der Waals surface area contributed by atoms with Gasteiger partial charge < -0.3 is 10.1 Å². The zero-order chi connectivity index (χ0) is 13.9. The molecule has 0 atom stereocenters. The number of ether oxygens (including phenoxy) is 1. The maximum absolute atomic E-state index is 5.23. The van der Waals surface area contributed by atoms with E-state index in [0.29, 0.717) is 0 Å². The maximum atomic E-state index is 5.23. The summed E-state index contributed by atoms with van der Waals surface area (Å²) in [5.74, 6) is 1.60. The van der Waals surface area contributed by atoms with Gasteiger partial charge in [-0.05, 0) is 52.9 Å². The summed E-state index contributed by atoms with van der Waals surface area (Å²) in [4.78, 5) is 8.61. The van der Waals surface area contributed by atoms with Crippen molar-refractivity contribution in [1.82, 2.24) is 9.97 Å². The molecule has 0 radical (unpaired) electrons. The lowest BCUT2D eigenvalue weighted by Crippen LogP contribution is -1.96. The Labute approximate surface area is 130 Å². The summed E-state index contributed by atoms with van der Waals surface area (Å²) in [6.45, 7) is 0. The number of hydrogen-bond donors (Lipinski definition) is 1. The number of halogens is 1. The summed E-state index contributed by atoms with van der Waals surface area (Å²) in [5.41, 5.74) is 1.86. The van der Waals surface area contributed by atoms with E-state index in [1.165, 1.54) is 0 Å². The van der Waals surface area contributed by atoms with Crippen LogP contribution in [0, 0.1) is 3.57 Å². The molecule has 5 heteroatoms. The first kappa shape index (κ1) is 13.1. The quantitative estimate of drug-likeness (QED) is 0.702. The van der Waals surface area contributed by atoms with Gasteiger partial charge in [-0.15, -0.1) is 0 Å². The average Bonchev–Trinajstić information content (AvgIpc) is 2.48. The van der Waals surface area contributed by atoms with Gasteiger partial charge in [0.1, 0.15) is 17.9 Å². The van der Waals surface area contributed by atoms with Crippen LogP contribution in [0.15, 0.2) is 48.8 Å². The van der Waals surface area contributed by atoms with Gasteiger partial charge in [0.05, 0.1) is 12.6 Å². The highest BCUT2D eigenvalue weighted by Gasteiger charge is 2.05. The second kappa shape index (κ2) is 5.62. The molecule has 2 aromatic carbocycles. The van der Waals surface area contributed by atoms with Crippen molar-refractivity contribution >= 4 is 45.0 Å². The van der Waals surface area contributed by atoms with E-state index in [0.717, 1.165) is 31.7 Å². The lowest BCUT2D eigenvalue weighted by Gasteiger charge is -2.09. The smallest absolute Gasteiger partial charge is 0.141 e. The molecule has 0 saturated heterocycles. The maximum Gasteiger partial charge on any atom is 0.141 e. The van der Waals surface area contributed by atoms with E-state index in [4.69, 9.17) is 4.74 Å². The van der Waals surface area contributed by atoms with Crippen LogP contribution in [0.5, 0.6) is 5.75 Å². The van der Waals surface area contributed by atoms with Crippen molar-refractivity contribution < 1.29 is 4.74 Å². The summed E-state index contributed by atoms with van der Waals surface area (Å²) < 4.78 is 6.38. The molecule has 0 amide bonds. The summed E-state index contributed by atoms with van der Waals surface area (Å²) in [6.07, 6.45) is 1.57. The zero-order valence-electron chi connectivity index (χ0n) is 10.8. The Balaban J connectivity index is 2.03. The second-order valence-corrected chi connectivity index (χ2v) is 5.49. The Morgan fingerprint density at radius 3 is 2.85 bits per heavy atom. The van der Waals surface area contributed by atoms with Crippen molar-refractivity contribution in [2.24, 2.45) is 0 Å². The Kier molecular flexibility index (Phi) is 3.68. The number of hydrogen-bond acceptors (Lipinski definition) is 4. The minimum Gasteiger partial charge on any atom is -0.497 e. The van der Waals surface area contributed by atoms with Crippen LogP contribution in [0.1, 0.15) is 0 Å². The molecule has 100 valence electrons. The fourth-order valence-electron chi connectivity index (χ4n) is 1.97. The van der Waals surface area contributed by atoms with Gasteiger partial charge in [0.15, 0.2) is 0 Å². The van der Waals surface area contributed by atoms with Gasteiger partial charge in [0.2, 0.25) is 0 Å². The molecule has 3 aromatic rings. The summed E-state index contributed by atoms with van der Waals surface area (Å²) >= 11 is 2.28. The zero-order valence-corrected chi connectivity index (χ0v) is 13.0. The molecule has 4 nitrogen and oxygen atoms in total. The third-order valence-corrected chi connectivity index (χ3v) is 3.60. The average molecular weight is 377 g/mol. The van der Waals surface area contributed by atoms with Crippen LogP contribution in [-0.2, 0) is 0 Å². The molecule has 3 rings (SSSR count). The lowest BCUT2D eigenvalue weighted by molar-refractivity contribution is 0.415. The summed E-state index contributed by atoms with van der Waals surface area (Å²) in [6, 6.07) is 13.9. The predicted molar refractivity (Wildman–Crippen MR) is 88.5 cm³/mol. The number of aromatic nitrogens is 2. The highest BCUT2D eigenvalue weighted by Crippen LogP contribution is 2.26. The first-order valence-corrected chi connectivity index (χ1v) is 7.15. The van der Waals surface area contributed by atoms with E-state index in [9.17, 15) is 0 Å². The van der Waals surface area contributed by atoms with Crippen molar-refractivity contribution in [3.63, 3.8) is 0 Å². The molecule has 0 saturated carbocycles. The van der Waals surface area contributed by atoms with Crippen LogP contribution in [-0.4, -0.2) is 17.1 Å². The summed E-state index contributed by atoms with van der Waals surface area (Å²) in [7, 11) is 1.65. The lowest BCUT2D eigenvalue weighted by atomic mass is 10.2. The minimum absolute atomic E-state index is 0.793. The first-order valence-electron chi connectivity index (χ1n) is 6.07. The Morgan fingerprint density at radius 2 is 2.00 bits per heavy atom. The molecule has 0 fully saturated rings. The normalized spacial score (nSPS) is 10.5. The fraction of sp³-hybridized carbons (Fsp3) is 0.0667. The molecule has 0 spiro atoms. The molecule has 0 aliphatic heterocycles. The third kappa shape index (κ3) is 2.67. The number of nitrogens with zero attached hydrogens (tertiary/aromatic N) is 2. The largest absolute Gasteiger partial charge is 0.497 e. The highest BCUT2D eigenvalue weighted by molar-refractivity contribution is 14.1. The molecule has 0 aliphatic rings. The molecule has 0 aliphatic carbocycles. The number of anilines is 2. The second-order valence-electron chi connectivity index (χ2n) is 4.24. The molecule has 1 heterocycles. The van der Waals surface area contributed by atoms with Gasteiger partial charge in [-0.2, -0.15) is 0 Å². The fourth-order valence-corrected chi connectivity index (χ4v) is 2.46. The van der Waals surface area contributed by atoms with Crippen molar-refractivity contribution in [3.8, 4) is 5.75 Å². The van der Waals surface area contributed by atoms with Gasteiger partial charge in [-0.25, -0.2) is 9.97 Å². The number of nitrogens with one attached hydrogen (secondary N) is 1. The van der Waals surface area contributed by atoms with Crippen molar-refractivity contribution in [1.29, 1.82) is 0 Å². The van der Waals surface area contributed by atoms with E-state index >= 15 is 0 Å². The van der Waals surface area contributed by atoms with Crippen LogP contribution >= 0.6 is 22.6 Å². The molecular weight excluding hydrogens is 365 g/mol. The van der Waals surface area contributed by atoms with Crippen molar-refractivity contribution in [2.45, 2.75) is 0 Å². The molecular formula is C15H12IN3O. The van der Waals surface area contributed by atoms with E-state index in [-0.39, 0.29) is 0 Å². The standard InChI is InChI=1S/C15H12IN3O/c1-20-12-4-2-3-11(8-12)19-15-13-7-10(16)5-6-14(13)17-9-18-15/h2-9H,1H3,(H,17,18,19). The molecule has 1 aromatic heterocycles. The van der Waals surface area contributed by atoms with Crippen LogP contribution in [0.4, 0.5) is 11.5 Å². The SMILES string of the molecule is COc1cccc(Nc2ncnc3ccc(I)cc23)c1. The van der Waals surface area contributed by atoms with Crippen LogP contribution in [0.2, 0.25) is 0 Å². The third-order valence-electron chi connectivity index (χ3n) is 2.93. The minimum atomic E-state index is 0.793. The van der Waals surface area contributed by atoms with E-state index in [1.54, 1.807) is 13.4 Å². The number of rotatable bonds is 3. The topological polar surface area (TPSA) is 47.0 Å². The Bertz CT molecular complexity index is 761. The Morgan fingerprint density at radius 1 is 1.10 bits per heavy atom. The predicted octanol–water partition coefficient (Wildman–Crippen LogP) is 3.99. The van der Waals surface area contributed by atoms with Gasteiger partial charge in [0.25, 0.3) is 0 Å². The van der Waals surface area contributed by atoms with E-state index in [1.807, 2.05) is 36.4 Å². The van der Waals surface area contributed by atoms with E-state index < -0.39 is 0 Å². The van der Waals surface area contributed by atoms with Crippen molar-refractivity contribution in [2.75, 3.05) is 12.4 Å². The van der Waals surface area contributed by atoms with Gasteiger partial charge in [-0.3, -0.25) is 0 Å². The molecule has 1 N–H and O–H groups in total. The van der Waals surface area contributed by atoms with Crippen LogP contribution in [0.3, 0.4) is 0 Å². The van der Waals surface area contributed by atoms with Gasteiger partial charge in [-0.1, -0.05) is 6.07 Å². The number of methoxy groups -OCH3 is 1. The first-order chi connectivity index (χ1) is 9.76. The molecule has 20 heavy (non-hydrogen) atoms. The van der Waals surface area contributed by atoms with Gasteiger partial charge in [0, 0.05) is 20.7 Å². The van der Waals surface area contributed by atoms with Crippen LogP contribution < -0.4 is 10.1 Å². The van der Waals surface area contributed by atoms with Gasteiger partial charge >= 0.3 is 0 Å². The Hall–Kier alpha value is -1.89. The monoisotopic (exact) mass is 377 g/mol. The summed E-state index contributed by atoms with van der Waals surface area (Å²) in [5, 5.41) is 4.32. The van der Waals surface area contributed by atoms with Crippen LogP contribution in [0.25, 0.3) is 10.9 Å². The molecule has 0 unspecified atom stereocenters. The van der Waals surface area contributed by atoms with Crippen molar-refractivity contribution in [3.05, 3.63) is 52.4 Å². The number of benzene rings is 2. The highest BCUT2D eigenvalue weighted by atomic mass is 127. The number of fused-ring (bicyclic) bond motifs is 1.